The van der Waals surface area contributed by atoms with E-state index >= 15 is 0 Å². The number of benzene rings is 1. The molecule has 0 unspecified atom stereocenters. The maximum Gasteiger partial charge on any atom is 0.337 e. The van der Waals surface area contributed by atoms with Crippen LogP contribution >= 0.6 is 11.3 Å². The van der Waals surface area contributed by atoms with Gasteiger partial charge in [-0.15, -0.1) is 11.3 Å². The van der Waals surface area contributed by atoms with Gasteiger partial charge in [-0.25, -0.2) is 13.2 Å². The average Bonchev–Trinajstić information content (AvgIpc) is 3.34. The van der Waals surface area contributed by atoms with Crippen LogP contribution in [-0.2, 0) is 19.6 Å². The minimum Gasteiger partial charge on any atom is -0.465 e. The number of anilines is 2. The van der Waals surface area contributed by atoms with Gasteiger partial charge in [0.15, 0.2) is 5.76 Å². The van der Waals surface area contributed by atoms with E-state index in [0.717, 1.165) is 11.3 Å². The summed E-state index contributed by atoms with van der Waals surface area (Å²) >= 11 is 1.06. The molecule has 0 aliphatic carbocycles. The van der Waals surface area contributed by atoms with Crippen LogP contribution in [0.15, 0.2) is 45.1 Å². The number of carbonyl (C=O) groups excluding carboxylic acids is 2. The Hall–Kier alpha value is -3.44. The van der Waals surface area contributed by atoms with Crippen LogP contribution in [0.25, 0.3) is 12.2 Å². The number of amides is 1. The summed E-state index contributed by atoms with van der Waals surface area (Å²) in [6, 6.07) is 9.03. The largest absolute Gasteiger partial charge is 0.465 e. The second-order valence-electron chi connectivity index (χ2n) is 6.35. The molecule has 162 valence electrons. The summed E-state index contributed by atoms with van der Waals surface area (Å²) in [5.41, 5.74) is 1.63. The van der Waals surface area contributed by atoms with Crippen LogP contribution in [0.4, 0.5) is 11.4 Å². The number of rotatable bonds is 7. The monoisotopic (exact) mass is 461 g/mol. The van der Waals surface area contributed by atoms with Crippen molar-refractivity contribution >= 4 is 56.8 Å². The normalized spacial score (nSPS) is 11.5. The molecule has 0 saturated heterocycles. The zero-order valence-electron chi connectivity index (χ0n) is 16.8. The number of nitrogens with zero attached hydrogens (tertiary/aromatic N) is 1. The molecular formula is C20H19N3O6S2. The summed E-state index contributed by atoms with van der Waals surface area (Å²) in [7, 11) is -2.54. The average molecular weight is 462 g/mol. The predicted molar refractivity (Wildman–Crippen MR) is 117 cm³/mol. The van der Waals surface area contributed by atoms with Crippen molar-refractivity contribution in [1.29, 1.82) is 0 Å². The number of aryl methyl sites for hydroxylation is 1. The zero-order valence-corrected chi connectivity index (χ0v) is 18.5. The van der Waals surface area contributed by atoms with Crippen molar-refractivity contribution < 1.29 is 27.3 Å². The minimum absolute atomic E-state index is 0.111. The number of carbonyl (C=O) groups is 2. The summed E-state index contributed by atoms with van der Waals surface area (Å²) in [6.45, 7) is 3.08. The van der Waals surface area contributed by atoms with E-state index < -0.39 is 16.0 Å². The van der Waals surface area contributed by atoms with Gasteiger partial charge in [0, 0.05) is 17.5 Å². The maximum absolute atomic E-state index is 12.7. The smallest absolute Gasteiger partial charge is 0.337 e. The van der Waals surface area contributed by atoms with Gasteiger partial charge in [-0.3, -0.25) is 9.52 Å². The molecule has 3 aromatic rings. The number of hydrogen-bond donors (Lipinski definition) is 2. The fraction of sp³-hybridized carbons (Fsp3) is 0.150. The van der Waals surface area contributed by atoms with Crippen molar-refractivity contribution in [3.05, 3.63) is 58.3 Å². The van der Waals surface area contributed by atoms with E-state index in [1.807, 2.05) is 0 Å². The lowest BCUT2D eigenvalue weighted by molar-refractivity contribution is -0.114. The minimum atomic E-state index is -3.81. The molecule has 0 atom stereocenters. The van der Waals surface area contributed by atoms with Crippen LogP contribution in [0.1, 0.15) is 33.6 Å². The molecular weight excluding hydrogens is 442 g/mol. The lowest BCUT2D eigenvalue weighted by Crippen LogP contribution is -2.11. The zero-order chi connectivity index (χ0) is 22.6. The van der Waals surface area contributed by atoms with Gasteiger partial charge in [0.1, 0.15) is 15.6 Å². The Morgan fingerprint density at radius 1 is 1.13 bits per heavy atom. The van der Waals surface area contributed by atoms with E-state index in [-0.39, 0.29) is 10.1 Å². The number of sulfonamides is 1. The van der Waals surface area contributed by atoms with Gasteiger partial charge in [0.05, 0.1) is 12.7 Å². The second-order valence-corrected chi connectivity index (χ2v) is 9.38. The van der Waals surface area contributed by atoms with Gasteiger partial charge in [0.25, 0.3) is 10.0 Å². The van der Waals surface area contributed by atoms with Crippen LogP contribution in [-0.4, -0.2) is 32.6 Å². The van der Waals surface area contributed by atoms with Crippen LogP contribution < -0.4 is 10.0 Å². The van der Waals surface area contributed by atoms with E-state index in [4.69, 9.17) is 4.52 Å². The highest BCUT2D eigenvalue weighted by atomic mass is 32.2. The lowest BCUT2D eigenvalue weighted by atomic mass is 10.2. The van der Waals surface area contributed by atoms with Crippen molar-refractivity contribution in [1.82, 2.24) is 5.16 Å². The predicted octanol–water partition coefficient (Wildman–Crippen LogP) is 3.76. The summed E-state index contributed by atoms with van der Waals surface area (Å²) < 4.78 is 37.7. The SMILES string of the molecule is COC(=O)c1ccc(NS(=O)(=O)c2ccc(/C=C/c3onc(C)c3NC(C)=O)s2)cc1. The molecule has 0 bridgehead atoms. The van der Waals surface area contributed by atoms with E-state index in [1.165, 1.54) is 44.4 Å². The molecule has 0 aliphatic rings. The fourth-order valence-electron chi connectivity index (χ4n) is 2.55. The quantitative estimate of drug-likeness (QED) is 0.513. The van der Waals surface area contributed by atoms with E-state index in [9.17, 15) is 18.0 Å². The summed E-state index contributed by atoms with van der Waals surface area (Å²) in [5, 5.41) is 6.47. The third-order valence-electron chi connectivity index (χ3n) is 4.01. The molecule has 2 N–H and O–H groups in total. The maximum atomic E-state index is 12.7. The molecule has 31 heavy (non-hydrogen) atoms. The van der Waals surface area contributed by atoms with Crippen LogP contribution in [0.2, 0.25) is 0 Å². The highest BCUT2D eigenvalue weighted by Crippen LogP contribution is 2.27. The Labute approximate surface area is 182 Å². The van der Waals surface area contributed by atoms with E-state index in [1.54, 1.807) is 25.1 Å². The Balaban J connectivity index is 1.74. The number of nitrogens with one attached hydrogen (secondary N) is 2. The molecule has 2 heterocycles. The number of esters is 1. The Bertz CT molecular complexity index is 1240. The standard InChI is InChI=1S/C20H19N3O6S2/c1-12-19(21-13(2)24)17(29-22-12)10-8-16-9-11-18(30-16)31(26,27)23-15-6-4-14(5-7-15)20(25)28-3/h4-11,23H,1-3H3,(H,21,24)/b10-8+. The second kappa shape index (κ2) is 9.14. The molecule has 9 nitrogen and oxygen atoms in total. The Morgan fingerprint density at radius 3 is 2.48 bits per heavy atom. The molecule has 0 saturated carbocycles. The third kappa shape index (κ3) is 5.38. The molecule has 1 amide bonds. The molecule has 3 rings (SSSR count). The summed E-state index contributed by atoms with van der Waals surface area (Å²) in [6.07, 6.45) is 3.27. The third-order valence-corrected chi connectivity index (χ3v) is 6.94. The van der Waals surface area contributed by atoms with Crippen LogP contribution in [0.5, 0.6) is 0 Å². The highest BCUT2D eigenvalue weighted by Gasteiger charge is 2.17. The van der Waals surface area contributed by atoms with Crippen molar-refractivity contribution in [2.45, 2.75) is 18.1 Å². The van der Waals surface area contributed by atoms with Crippen LogP contribution in [0.3, 0.4) is 0 Å². The molecule has 11 heteroatoms. The first-order valence-corrected chi connectivity index (χ1v) is 11.2. The lowest BCUT2D eigenvalue weighted by Gasteiger charge is -2.06. The highest BCUT2D eigenvalue weighted by molar-refractivity contribution is 7.94. The number of aromatic nitrogens is 1. The molecule has 2 aromatic heterocycles. The van der Waals surface area contributed by atoms with E-state index in [2.05, 4.69) is 19.9 Å². The summed E-state index contributed by atoms with van der Waals surface area (Å²) in [5.74, 6) is -0.404. The fourth-order valence-corrected chi connectivity index (χ4v) is 4.84. The first-order chi connectivity index (χ1) is 14.7. The first-order valence-electron chi connectivity index (χ1n) is 8.92. The molecule has 0 aliphatic heterocycles. The van der Waals surface area contributed by atoms with Gasteiger partial charge in [-0.2, -0.15) is 0 Å². The van der Waals surface area contributed by atoms with E-state index in [0.29, 0.717) is 33.3 Å². The number of thiophene rings is 1. The first kappa shape index (κ1) is 22.2. The van der Waals surface area contributed by atoms with Gasteiger partial charge in [-0.1, -0.05) is 5.16 Å². The topological polar surface area (TPSA) is 128 Å². The van der Waals surface area contributed by atoms with Crippen molar-refractivity contribution in [3.63, 3.8) is 0 Å². The Kier molecular flexibility index (Phi) is 6.56. The molecule has 1 aromatic carbocycles. The van der Waals surface area contributed by atoms with Gasteiger partial charge in [0.2, 0.25) is 5.91 Å². The number of methoxy groups -OCH3 is 1. The van der Waals surface area contributed by atoms with Crippen molar-refractivity contribution in [2.75, 3.05) is 17.1 Å². The molecule has 0 radical (unpaired) electrons. The van der Waals surface area contributed by atoms with Gasteiger partial charge >= 0.3 is 5.97 Å². The van der Waals surface area contributed by atoms with Gasteiger partial charge < -0.3 is 14.6 Å². The Morgan fingerprint density at radius 2 is 1.84 bits per heavy atom. The number of ether oxygens (including phenoxy) is 1. The van der Waals surface area contributed by atoms with Crippen LogP contribution in [0, 0.1) is 6.92 Å². The summed E-state index contributed by atoms with van der Waals surface area (Å²) in [4.78, 5) is 23.5. The van der Waals surface area contributed by atoms with Crippen molar-refractivity contribution in [2.24, 2.45) is 0 Å². The molecule has 0 spiro atoms. The number of hydrogen-bond acceptors (Lipinski definition) is 8. The van der Waals surface area contributed by atoms with Crippen molar-refractivity contribution in [3.8, 4) is 0 Å². The molecule has 0 fully saturated rings. The van der Waals surface area contributed by atoms with Gasteiger partial charge in [-0.05, 0) is 55.5 Å².